The van der Waals surface area contributed by atoms with Crippen molar-refractivity contribution in [2.45, 2.75) is 43.1 Å². The zero-order chi connectivity index (χ0) is 21.6. The van der Waals surface area contributed by atoms with E-state index in [0.29, 0.717) is 16.8 Å². The number of carbonyl (C=O) groups excluding carboxylic acids is 1. The summed E-state index contributed by atoms with van der Waals surface area (Å²) in [6.45, 7) is 13.6. The maximum atomic E-state index is 12.8. The van der Waals surface area contributed by atoms with Crippen LogP contribution in [0.3, 0.4) is 0 Å². The minimum Gasteiger partial charge on any atom is -0.470 e. The molecule has 0 aliphatic heterocycles. The number of allylic oxidation sites excluding steroid dienone is 1. The summed E-state index contributed by atoms with van der Waals surface area (Å²) in [6, 6.07) is 3.81. The van der Waals surface area contributed by atoms with E-state index in [4.69, 9.17) is 9.26 Å². The van der Waals surface area contributed by atoms with Crippen LogP contribution >= 0.6 is 23.5 Å². The van der Waals surface area contributed by atoms with Crippen LogP contribution in [-0.4, -0.2) is 34.0 Å². The van der Waals surface area contributed by atoms with E-state index < -0.39 is 11.0 Å². The number of aromatic nitrogens is 2. The summed E-state index contributed by atoms with van der Waals surface area (Å²) in [5, 5.41) is 8.46. The lowest BCUT2D eigenvalue weighted by Gasteiger charge is -2.26. The van der Waals surface area contributed by atoms with E-state index in [1.54, 1.807) is 30.3 Å². The van der Waals surface area contributed by atoms with Crippen molar-refractivity contribution in [2.75, 3.05) is 12.5 Å². The molecule has 0 aliphatic carbocycles. The van der Waals surface area contributed by atoms with Crippen LogP contribution in [0.4, 0.5) is 0 Å². The van der Waals surface area contributed by atoms with Crippen molar-refractivity contribution in [1.82, 2.24) is 15.5 Å². The van der Waals surface area contributed by atoms with Gasteiger partial charge < -0.3 is 14.6 Å². The van der Waals surface area contributed by atoms with Gasteiger partial charge in [0.05, 0.1) is 10.9 Å². The Morgan fingerprint density at radius 1 is 1.41 bits per heavy atom. The molecule has 6 nitrogen and oxygen atoms in total. The minimum absolute atomic E-state index is 0.274. The first kappa shape index (κ1) is 23.1. The Morgan fingerprint density at radius 3 is 2.72 bits per heavy atom. The molecule has 0 bridgehead atoms. The summed E-state index contributed by atoms with van der Waals surface area (Å²) in [5.41, 5.74) is -0.803. The topological polar surface area (TPSA) is 77.2 Å². The van der Waals surface area contributed by atoms with E-state index in [1.807, 2.05) is 39.2 Å². The number of nitrogens with one attached hydrogen (secondary N) is 1. The monoisotopic (exact) mass is 433 g/mol. The second-order valence-electron chi connectivity index (χ2n) is 6.85. The van der Waals surface area contributed by atoms with Crippen molar-refractivity contribution in [2.24, 2.45) is 0 Å². The van der Waals surface area contributed by atoms with Crippen LogP contribution in [0, 0.1) is 0 Å². The second-order valence-corrected chi connectivity index (χ2v) is 8.63. The van der Waals surface area contributed by atoms with Gasteiger partial charge in [0.15, 0.2) is 0 Å². The van der Waals surface area contributed by atoms with Gasteiger partial charge in [-0.2, -0.15) is 0 Å². The highest BCUT2D eigenvalue weighted by Crippen LogP contribution is 2.22. The van der Waals surface area contributed by atoms with E-state index in [9.17, 15) is 4.79 Å². The molecule has 2 aromatic rings. The van der Waals surface area contributed by atoms with Gasteiger partial charge in [-0.1, -0.05) is 25.2 Å². The van der Waals surface area contributed by atoms with Crippen LogP contribution in [-0.2, 0) is 21.5 Å². The fraction of sp³-hybridized carbons (Fsp3) is 0.381. The first-order chi connectivity index (χ1) is 13.7. The summed E-state index contributed by atoms with van der Waals surface area (Å²) < 4.78 is 11.1. The number of amides is 1. The predicted molar refractivity (Wildman–Crippen MR) is 120 cm³/mol. The Kier molecular flexibility index (Phi) is 7.98. The minimum atomic E-state index is -0.763. The lowest BCUT2D eigenvalue weighted by atomic mass is 10.0. The first-order valence-corrected chi connectivity index (χ1v) is 11.6. The highest BCUT2D eigenvalue weighted by molar-refractivity contribution is 7.99. The number of pyridine rings is 1. The highest BCUT2D eigenvalue weighted by atomic mass is 32.2. The average Bonchev–Trinajstić information content (AvgIpc) is 3.17. The number of ether oxygens (including phenoxy) is 1. The van der Waals surface area contributed by atoms with Crippen molar-refractivity contribution >= 4 is 42.1 Å². The maximum absolute atomic E-state index is 12.8. The largest absolute Gasteiger partial charge is 0.470 e. The normalized spacial score (nSPS) is 13.2. The molecule has 1 unspecified atom stereocenters. The van der Waals surface area contributed by atoms with Gasteiger partial charge in [0.2, 0.25) is 5.44 Å². The van der Waals surface area contributed by atoms with Crippen LogP contribution < -0.4 is 15.9 Å². The second kappa shape index (κ2) is 10.0. The van der Waals surface area contributed by atoms with Crippen LogP contribution in [0.5, 0.6) is 0 Å². The first-order valence-electron chi connectivity index (χ1n) is 9.07. The van der Waals surface area contributed by atoms with Gasteiger partial charge in [-0.05, 0) is 38.5 Å². The summed E-state index contributed by atoms with van der Waals surface area (Å²) in [6.07, 6.45) is 8.02. The molecule has 0 saturated carbocycles. The van der Waals surface area contributed by atoms with Crippen LogP contribution in [0.15, 0.2) is 40.1 Å². The number of rotatable bonds is 9. The molecule has 0 aliphatic rings. The molecule has 0 radical (unpaired) electrons. The van der Waals surface area contributed by atoms with E-state index in [2.05, 4.69) is 28.6 Å². The molecule has 1 atom stereocenters. The lowest BCUT2D eigenvalue weighted by molar-refractivity contribution is -0.127. The fourth-order valence-electron chi connectivity index (χ4n) is 2.49. The molecule has 2 rings (SSSR count). The number of thioether (sulfide) groups is 2. The number of aryl methyl sites for hydroxylation is 1. The highest BCUT2D eigenvalue weighted by Gasteiger charge is 2.30. The van der Waals surface area contributed by atoms with E-state index >= 15 is 0 Å². The molecule has 0 aromatic carbocycles. The van der Waals surface area contributed by atoms with Crippen molar-refractivity contribution < 1.29 is 14.1 Å². The summed E-state index contributed by atoms with van der Waals surface area (Å²) in [7, 11) is 0. The molecule has 2 heterocycles. The van der Waals surface area contributed by atoms with Crippen molar-refractivity contribution in [3.8, 4) is 0 Å². The molecule has 29 heavy (non-hydrogen) atoms. The Bertz CT molecular complexity index is 985. The quantitative estimate of drug-likeness (QED) is 0.370. The van der Waals surface area contributed by atoms with Gasteiger partial charge in [0.25, 0.3) is 5.91 Å². The number of hydrogen-bond donors (Lipinski definition) is 1. The lowest BCUT2D eigenvalue weighted by Crippen LogP contribution is -2.46. The van der Waals surface area contributed by atoms with Crippen LogP contribution in [0.1, 0.15) is 32.2 Å². The molecule has 0 fully saturated rings. The van der Waals surface area contributed by atoms with Gasteiger partial charge in [0.1, 0.15) is 17.2 Å². The van der Waals surface area contributed by atoms with Crippen molar-refractivity contribution in [3.63, 3.8) is 0 Å². The third-order valence-corrected chi connectivity index (χ3v) is 5.63. The molecule has 2 aromatic heterocycles. The fourth-order valence-corrected chi connectivity index (χ4v) is 3.38. The molecular formula is C21H27N3O3S2. The Labute approximate surface area is 179 Å². The Hall–Kier alpha value is -2.19. The van der Waals surface area contributed by atoms with Crippen LogP contribution in [0.25, 0.3) is 12.7 Å². The van der Waals surface area contributed by atoms with Gasteiger partial charge in [0, 0.05) is 28.8 Å². The van der Waals surface area contributed by atoms with E-state index in [1.165, 1.54) is 11.8 Å². The zero-order valence-corrected chi connectivity index (χ0v) is 19.1. The van der Waals surface area contributed by atoms with Crippen molar-refractivity contribution in [3.05, 3.63) is 52.7 Å². The Balaban J connectivity index is 2.12. The zero-order valence-electron chi connectivity index (χ0n) is 17.4. The average molecular weight is 434 g/mol. The SMILES string of the molecule is C=C(/C=c1/cc(SC)cnc1=C)OC(SC)C(=O)NC(C)(C)c1cc(CC)on1. The number of hydrogen-bond acceptors (Lipinski definition) is 7. The van der Waals surface area contributed by atoms with Gasteiger partial charge in [-0.3, -0.25) is 9.78 Å². The number of nitrogens with zero attached hydrogens (tertiary/aromatic N) is 2. The van der Waals surface area contributed by atoms with Gasteiger partial charge in [-0.15, -0.1) is 23.5 Å². The van der Waals surface area contributed by atoms with E-state index in [0.717, 1.165) is 22.3 Å². The number of carbonyl (C=O) groups is 1. The standard InChI is InChI=1S/C21H27N3O3S2/c1-8-16-11-18(24-27-16)21(4,5)23-19(25)20(29-7)26-13(2)9-15-10-17(28-6)12-22-14(15)3/h9-12,20H,2-3,8H2,1,4-7H3,(H,23,25)/b15-9-. The molecule has 8 heteroatoms. The molecular weight excluding hydrogens is 406 g/mol. The van der Waals surface area contributed by atoms with E-state index in [-0.39, 0.29) is 5.91 Å². The molecule has 0 saturated heterocycles. The molecule has 0 spiro atoms. The summed E-state index contributed by atoms with van der Waals surface area (Å²) in [5.74, 6) is 0.855. The van der Waals surface area contributed by atoms with Gasteiger partial charge in [-0.25, -0.2) is 0 Å². The summed E-state index contributed by atoms with van der Waals surface area (Å²) in [4.78, 5) is 18.1. The van der Waals surface area contributed by atoms with Crippen molar-refractivity contribution in [1.29, 1.82) is 0 Å². The maximum Gasteiger partial charge on any atom is 0.272 e. The third-order valence-electron chi connectivity index (χ3n) is 4.20. The third kappa shape index (κ3) is 6.14. The molecule has 156 valence electrons. The molecule has 1 amide bonds. The molecule has 1 N–H and O–H groups in total. The van der Waals surface area contributed by atoms with Crippen LogP contribution in [0.2, 0.25) is 0 Å². The van der Waals surface area contributed by atoms with Gasteiger partial charge >= 0.3 is 0 Å². The summed E-state index contributed by atoms with van der Waals surface area (Å²) >= 11 is 2.87. The predicted octanol–water partition coefficient (Wildman–Crippen LogP) is 2.82. The Morgan fingerprint density at radius 2 is 2.14 bits per heavy atom. The smallest absolute Gasteiger partial charge is 0.272 e.